The average Bonchev–Trinajstić information content (AvgIpc) is 3.11. The normalized spacial score (nSPS) is 10.4. The molecule has 0 bridgehead atoms. The second-order valence-electron chi connectivity index (χ2n) is 5.24. The Kier molecular flexibility index (Phi) is 5.33. The van der Waals surface area contributed by atoms with Gasteiger partial charge in [-0.2, -0.15) is 4.80 Å². The summed E-state index contributed by atoms with van der Waals surface area (Å²) in [5.74, 6) is 1.21. The predicted octanol–water partition coefficient (Wildman–Crippen LogP) is 2.65. The van der Waals surface area contributed by atoms with E-state index in [9.17, 15) is 4.79 Å². The van der Waals surface area contributed by atoms with Crippen LogP contribution in [0.1, 0.15) is 0 Å². The third kappa shape index (κ3) is 3.92. The lowest BCUT2D eigenvalue weighted by atomic mass is 10.2. The Morgan fingerprint density at radius 2 is 1.92 bits per heavy atom. The molecule has 8 nitrogen and oxygen atoms in total. The third-order valence-electron chi connectivity index (χ3n) is 3.53. The summed E-state index contributed by atoms with van der Waals surface area (Å²) in [6.07, 6.45) is 0. The summed E-state index contributed by atoms with van der Waals surface area (Å²) in [5.41, 5.74) is 1.22. The van der Waals surface area contributed by atoms with Crippen LogP contribution in [-0.4, -0.2) is 40.3 Å². The number of nitrogens with zero attached hydrogens (tertiary/aromatic N) is 4. The topological polar surface area (TPSA) is 91.2 Å². The summed E-state index contributed by atoms with van der Waals surface area (Å²) >= 11 is 6.02. The van der Waals surface area contributed by atoms with Crippen molar-refractivity contribution in [1.82, 2.24) is 20.2 Å². The zero-order valence-electron chi connectivity index (χ0n) is 14.1. The fourth-order valence-electron chi connectivity index (χ4n) is 2.28. The van der Waals surface area contributed by atoms with E-state index in [1.807, 2.05) is 0 Å². The highest BCUT2D eigenvalue weighted by atomic mass is 35.5. The lowest BCUT2D eigenvalue weighted by Gasteiger charge is -2.07. The molecule has 0 radical (unpaired) electrons. The number of hydrogen-bond acceptors (Lipinski definition) is 6. The van der Waals surface area contributed by atoms with Gasteiger partial charge in [0, 0.05) is 5.56 Å². The number of aromatic nitrogens is 4. The maximum Gasteiger partial charge on any atom is 0.248 e. The number of benzene rings is 2. The highest BCUT2D eigenvalue weighted by Crippen LogP contribution is 2.30. The molecule has 1 amide bonds. The molecule has 0 unspecified atom stereocenters. The molecule has 1 heterocycles. The van der Waals surface area contributed by atoms with E-state index in [4.69, 9.17) is 21.1 Å². The molecule has 9 heteroatoms. The number of rotatable bonds is 6. The van der Waals surface area contributed by atoms with Gasteiger partial charge in [-0.05, 0) is 35.5 Å². The van der Waals surface area contributed by atoms with E-state index < -0.39 is 0 Å². The van der Waals surface area contributed by atoms with Crippen LogP contribution in [0, 0.1) is 0 Å². The summed E-state index contributed by atoms with van der Waals surface area (Å²) in [6.45, 7) is -0.0918. The number of carbonyl (C=O) groups excluding carboxylic acids is 1. The fourth-order valence-corrected chi connectivity index (χ4v) is 2.46. The van der Waals surface area contributed by atoms with Crippen LogP contribution in [0.15, 0.2) is 42.5 Å². The van der Waals surface area contributed by atoms with Gasteiger partial charge in [0.1, 0.15) is 6.54 Å². The van der Waals surface area contributed by atoms with Gasteiger partial charge < -0.3 is 14.8 Å². The quantitative estimate of drug-likeness (QED) is 0.714. The Hall–Kier alpha value is -3.13. The molecule has 0 aliphatic carbocycles. The Labute approximate surface area is 154 Å². The number of para-hydroxylation sites is 1. The van der Waals surface area contributed by atoms with Crippen LogP contribution in [0.4, 0.5) is 5.69 Å². The first-order valence-electron chi connectivity index (χ1n) is 7.65. The molecule has 0 fully saturated rings. The van der Waals surface area contributed by atoms with E-state index in [1.165, 1.54) is 4.80 Å². The monoisotopic (exact) mass is 373 g/mol. The molecular weight excluding hydrogens is 358 g/mol. The van der Waals surface area contributed by atoms with Crippen molar-refractivity contribution in [2.75, 3.05) is 19.5 Å². The summed E-state index contributed by atoms with van der Waals surface area (Å²) < 4.78 is 10.5. The van der Waals surface area contributed by atoms with E-state index in [0.717, 1.165) is 0 Å². The van der Waals surface area contributed by atoms with Crippen LogP contribution < -0.4 is 14.8 Å². The minimum absolute atomic E-state index is 0.0918. The fraction of sp³-hybridized carbons (Fsp3) is 0.176. The maximum atomic E-state index is 12.1. The van der Waals surface area contributed by atoms with Gasteiger partial charge in [0.05, 0.1) is 24.9 Å². The van der Waals surface area contributed by atoms with E-state index >= 15 is 0 Å². The van der Waals surface area contributed by atoms with Crippen LogP contribution in [0.5, 0.6) is 11.5 Å². The van der Waals surface area contributed by atoms with Gasteiger partial charge in [-0.1, -0.05) is 23.7 Å². The number of hydrogen-bond donors (Lipinski definition) is 1. The first-order chi connectivity index (χ1) is 12.6. The molecule has 2 aromatic carbocycles. The van der Waals surface area contributed by atoms with Crippen LogP contribution in [0.3, 0.4) is 0 Å². The molecule has 0 saturated heterocycles. The standard InChI is InChI=1S/C17H16ClN5O3/c1-25-14-8-7-11(9-15(14)26-2)17-20-22-23(21-17)10-16(24)19-13-6-4-3-5-12(13)18/h3-9H,10H2,1-2H3,(H,19,24). The van der Waals surface area contributed by atoms with Crippen LogP contribution in [0.2, 0.25) is 5.02 Å². The smallest absolute Gasteiger partial charge is 0.248 e. The number of tetrazole rings is 1. The molecule has 0 aliphatic heterocycles. The largest absolute Gasteiger partial charge is 0.493 e. The first-order valence-corrected chi connectivity index (χ1v) is 8.03. The van der Waals surface area contributed by atoms with Crippen molar-refractivity contribution in [1.29, 1.82) is 0 Å². The Balaban J connectivity index is 1.72. The van der Waals surface area contributed by atoms with Gasteiger partial charge in [-0.25, -0.2) is 0 Å². The predicted molar refractivity (Wildman–Crippen MR) is 96.4 cm³/mol. The Bertz CT molecular complexity index is 928. The SMILES string of the molecule is COc1ccc(-c2nnn(CC(=O)Nc3ccccc3Cl)n2)cc1OC. The van der Waals surface area contributed by atoms with Gasteiger partial charge in [0.15, 0.2) is 11.5 Å². The zero-order valence-corrected chi connectivity index (χ0v) is 14.9. The third-order valence-corrected chi connectivity index (χ3v) is 3.86. The molecule has 0 atom stereocenters. The highest BCUT2D eigenvalue weighted by molar-refractivity contribution is 6.33. The minimum Gasteiger partial charge on any atom is -0.493 e. The zero-order chi connectivity index (χ0) is 18.5. The number of nitrogens with one attached hydrogen (secondary N) is 1. The number of amides is 1. The molecule has 134 valence electrons. The summed E-state index contributed by atoms with van der Waals surface area (Å²) in [7, 11) is 3.11. The summed E-state index contributed by atoms with van der Waals surface area (Å²) in [5, 5.41) is 15.3. The number of methoxy groups -OCH3 is 2. The van der Waals surface area contributed by atoms with E-state index in [1.54, 1.807) is 56.7 Å². The van der Waals surface area contributed by atoms with Crippen LogP contribution >= 0.6 is 11.6 Å². The molecule has 0 spiro atoms. The molecule has 0 saturated carbocycles. The van der Waals surface area contributed by atoms with Gasteiger partial charge >= 0.3 is 0 Å². The van der Waals surface area contributed by atoms with Crippen LogP contribution in [-0.2, 0) is 11.3 Å². The van der Waals surface area contributed by atoms with Crippen LogP contribution in [0.25, 0.3) is 11.4 Å². The average molecular weight is 374 g/mol. The van der Waals surface area contributed by atoms with Crippen molar-refractivity contribution in [3.63, 3.8) is 0 Å². The van der Waals surface area contributed by atoms with E-state index in [-0.39, 0.29) is 12.5 Å². The maximum absolute atomic E-state index is 12.1. The van der Waals surface area contributed by atoms with Gasteiger partial charge in [0.2, 0.25) is 11.7 Å². The van der Waals surface area contributed by atoms with Crippen molar-refractivity contribution in [3.8, 4) is 22.9 Å². The molecule has 26 heavy (non-hydrogen) atoms. The summed E-state index contributed by atoms with van der Waals surface area (Å²) in [6, 6.07) is 12.2. The Morgan fingerprint density at radius 3 is 2.65 bits per heavy atom. The Morgan fingerprint density at radius 1 is 1.15 bits per heavy atom. The van der Waals surface area contributed by atoms with Crippen molar-refractivity contribution < 1.29 is 14.3 Å². The van der Waals surface area contributed by atoms with Gasteiger partial charge in [-0.3, -0.25) is 4.79 Å². The van der Waals surface area contributed by atoms with Crippen molar-refractivity contribution in [2.45, 2.75) is 6.54 Å². The second-order valence-corrected chi connectivity index (χ2v) is 5.65. The van der Waals surface area contributed by atoms with Crippen molar-refractivity contribution in [2.24, 2.45) is 0 Å². The van der Waals surface area contributed by atoms with Crippen molar-refractivity contribution >= 4 is 23.2 Å². The molecule has 1 aromatic heterocycles. The second kappa shape index (κ2) is 7.83. The number of anilines is 1. The molecule has 3 rings (SSSR count). The molecular formula is C17H16ClN5O3. The lowest BCUT2D eigenvalue weighted by Crippen LogP contribution is -2.20. The number of ether oxygens (including phenoxy) is 2. The van der Waals surface area contributed by atoms with Gasteiger partial charge in [-0.15, -0.1) is 10.2 Å². The summed E-state index contributed by atoms with van der Waals surface area (Å²) in [4.78, 5) is 13.3. The van der Waals surface area contributed by atoms with E-state index in [2.05, 4.69) is 20.7 Å². The molecule has 0 aliphatic rings. The van der Waals surface area contributed by atoms with E-state index in [0.29, 0.717) is 33.6 Å². The molecule has 3 aromatic rings. The minimum atomic E-state index is -0.311. The van der Waals surface area contributed by atoms with Crippen molar-refractivity contribution in [3.05, 3.63) is 47.5 Å². The lowest BCUT2D eigenvalue weighted by molar-refractivity contribution is -0.117. The number of halogens is 1. The highest BCUT2D eigenvalue weighted by Gasteiger charge is 2.13. The molecule has 1 N–H and O–H groups in total. The number of carbonyl (C=O) groups is 1. The van der Waals surface area contributed by atoms with Gasteiger partial charge in [0.25, 0.3) is 0 Å². The first kappa shape index (κ1) is 17.7.